The van der Waals surface area contributed by atoms with Gasteiger partial charge in [-0.3, -0.25) is 14.9 Å². The van der Waals surface area contributed by atoms with Crippen molar-refractivity contribution in [3.05, 3.63) is 0 Å². The lowest BCUT2D eigenvalue weighted by molar-refractivity contribution is -0.143. The van der Waals surface area contributed by atoms with E-state index in [-0.39, 0.29) is 5.91 Å². The van der Waals surface area contributed by atoms with Crippen LogP contribution in [-0.2, 0) is 9.59 Å². The minimum Gasteiger partial charge on any atom is -0.480 e. The third-order valence-electron chi connectivity index (χ3n) is 2.77. The zero-order valence-corrected chi connectivity index (χ0v) is 11.8. The van der Waals surface area contributed by atoms with Gasteiger partial charge in [-0.2, -0.15) is 0 Å². The van der Waals surface area contributed by atoms with Crippen LogP contribution in [0.4, 0.5) is 0 Å². The Morgan fingerprint density at radius 1 is 1.44 bits per heavy atom. The summed E-state index contributed by atoms with van der Waals surface area (Å²) in [5, 5.41) is 15.1. The zero-order chi connectivity index (χ0) is 13.6. The van der Waals surface area contributed by atoms with Gasteiger partial charge in [0.25, 0.3) is 0 Å². The smallest absolute Gasteiger partial charge is 0.324 e. The van der Waals surface area contributed by atoms with Gasteiger partial charge in [0.05, 0.1) is 5.75 Å². The molecule has 1 rings (SSSR count). The second-order valence-corrected chi connectivity index (χ2v) is 5.88. The number of carboxylic acid groups (broad SMARTS) is 1. The van der Waals surface area contributed by atoms with E-state index in [1.54, 1.807) is 6.92 Å². The molecule has 1 unspecified atom stereocenters. The molecule has 1 aliphatic carbocycles. The fourth-order valence-corrected chi connectivity index (χ4v) is 2.51. The molecule has 1 aliphatic rings. The van der Waals surface area contributed by atoms with E-state index >= 15 is 0 Å². The highest BCUT2D eigenvalue weighted by Gasteiger charge is 2.38. The van der Waals surface area contributed by atoms with Gasteiger partial charge in [-0.15, -0.1) is 11.8 Å². The van der Waals surface area contributed by atoms with Crippen molar-refractivity contribution < 1.29 is 14.7 Å². The fourth-order valence-electron chi connectivity index (χ4n) is 1.51. The van der Waals surface area contributed by atoms with Crippen LogP contribution in [-0.4, -0.2) is 46.6 Å². The molecule has 0 spiro atoms. The molecule has 0 aromatic carbocycles. The first-order valence-electron chi connectivity index (χ1n) is 6.33. The molecule has 0 bridgehead atoms. The number of aliphatic carboxylic acids is 1. The highest BCUT2D eigenvalue weighted by molar-refractivity contribution is 8.00. The highest BCUT2D eigenvalue weighted by atomic mass is 32.2. The lowest BCUT2D eigenvalue weighted by atomic mass is 10.1. The molecule has 18 heavy (non-hydrogen) atoms. The van der Waals surface area contributed by atoms with Gasteiger partial charge in [0.15, 0.2) is 0 Å². The average molecular weight is 274 g/mol. The average Bonchev–Trinajstić information content (AvgIpc) is 3.09. The predicted molar refractivity (Wildman–Crippen MR) is 72.8 cm³/mol. The molecular formula is C12H22N2O3S. The Morgan fingerprint density at radius 3 is 2.61 bits per heavy atom. The molecule has 1 saturated carbocycles. The van der Waals surface area contributed by atoms with Crippen molar-refractivity contribution in [1.29, 1.82) is 0 Å². The maximum atomic E-state index is 11.4. The van der Waals surface area contributed by atoms with Crippen LogP contribution in [0.5, 0.6) is 0 Å². The van der Waals surface area contributed by atoms with Crippen molar-refractivity contribution in [1.82, 2.24) is 10.6 Å². The molecule has 0 aromatic rings. The highest BCUT2D eigenvalue weighted by Crippen LogP contribution is 2.24. The normalized spacial score (nSPS) is 18.1. The van der Waals surface area contributed by atoms with Crippen LogP contribution in [0.25, 0.3) is 0 Å². The van der Waals surface area contributed by atoms with Crippen LogP contribution in [0.3, 0.4) is 0 Å². The van der Waals surface area contributed by atoms with Crippen molar-refractivity contribution in [3.63, 3.8) is 0 Å². The summed E-state index contributed by atoms with van der Waals surface area (Å²) in [7, 11) is 0. The van der Waals surface area contributed by atoms with Crippen LogP contribution in [0, 0.1) is 0 Å². The Balaban J connectivity index is 2.28. The van der Waals surface area contributed by atoms with Crippen LogP contribution < -0.4 is 10.6 Å². The monoisotopic (exact) mass is 274 g/mol. The van der Waals surface area contributed by atoms with E-state index in [1.165, 1.54) is 11.8 Å². The van der Waals surface area contributed by atoms with E-state index in [4.69, 9.17) is 0 Å². The first kappa shape index (κ1) is 15.3. The Kier molecular flexibility index (Phi) is 5.95. The number of carbonyl (C=O) groups excluding carboxylic acids is 1. The molecule has 1 atom stereocenters. The van der Waals surface area contributed by atoms with Gasteiger partial charge in [-0.1, -0.05) is 6.92 Å². The van der Waals surface area contributed by atoms with Crippen molar-refractivity contribution in [2.45, 2.75) is 44.7 Å². The molecular weight excluding hydrogens is 252 g/mol. The van der Waals surface area contributed by atoms with Crippen LogP contribution in [0.2, 0.25) is 0 Å². The van der Waals surface area contributed by atoms with E-state index in [1.807, 2.05) is 6.92 Å². The van der Waals surface area contributed by atoms with E-state index in [0.29, 0.717) is 24.1 Å². The summed E-state index contributed by atoms with van der Waals surface area (Å²) in [6, 6.07) is 0.334. The predicted octanol–water partition coefficient (Wildman–Crippen LogP) is 0.841. The molecule has 0 radical (unpaired) electrons. The van der Waals surface area contributed by atoms with Crippen molar-refractivity contribution in [2.75, 3.05) is 18.1 Å². The molecule has 104 valence electrons. The van der Waals surface area contributed by atoms with Gasteiger partial charge < -0.3 is 10.4 Å². The molecule has 0 aromatic heterocycles. The summed E-state index contributed by atoms with van der Waals surface area (Å²) in [4.78, 5) is 22.6. The second-order valence-electron chi connectivity index (χ2n) is 4.90. The number of carboxylic acids is 1. The van der Waals surface area contributed by atoms with Gasteiger partial charge in [-0.25, -0.2) is 0 Å². The van der Waals surface area contributed by atoms with Crippen molar-refractivity contribution in [3.8, 4) is 0 Å². The van der Waals surface area contributed by atoms with Crippen molar-refractivity contribution in [2.24, 2.45) is 0 Å². The molecule has 0 saturated heterocycles. The molecule has 3 N–H and O–H groups in total. The summed E-state index contributed by atoms with van der Waals surface area (Å²) in [6.07, 6.45) is 3.00. The number of rotatable bonds is 9. The number of nitrogens with one attached hydrogen (secondary N) is 2. The molecule has 5 nitrogen and oxygen atoms in total. The Hall–Kier alpha value is -0.750. The van der Waals surface area contributed by atoms with E-state index in [9.17, 15) is 14.7 Å². The molecule has 1 amide bonds. The fraction of sp³-hybridized carbons (Fsp3) is 0.833. The standard InChI is InChI=1S/C12H22N2O3S/c1-3-6-13-10(15)7-18-8-12(2,11(16)17)14-9-4-5-9/h9,14H,3-8H2,1-2H3,(H,13,15)(H,16,17). The summed E-state index contributed by atoms with van der Waals surface area (Å²) >= 11 is 1.36. The molecule has 6 heteroatoms. The first-order valence-corrected chi connectivity index (χ1v) is 7.49. The summed E-state index contributed by atoms with van der Waals surface area (Å²) in [5.41, 5.74) is -0.934. The van der Waals surface area contributed by atoms with Crippen LogP contribution in [0.15, 0.2) is 0 Å². The number of hydrogen-bond acceptors (Lipinski definition) is 4. The first-order chi connectivity index (χ1) is 8.48. The number of thioether (sulfide) groups is 1. The van der Waals surface area contributed by atoms with Gasteiger partial charge in [0, 0.05) is 18.3 Å². The topological polar surface area (TPSA) is 78.4 Å². The number of hydrogen-bond donors (Lipinski definition) is 3. The molecule has 1 fully saturated rings. The third kappa shape index (κ3) is 5.27. The third-order valence-corrected chi connectivity index (χ3v) is 4.02. The molecule has 0 heterocycles. The summed E-state index contributed by atoms with van der Waals surface area (Å²) in [5.74, 6) is -0.162. The Bertz CT molecular complexity index is 308. The van der Waals surface area contributed by atoms with Gasteiger partial charge in [0.1, 0.15) is 5.54 Å². The quantitative estimate of drug-likeness (QED) is 0.581. The van der Waals surface area contributed by atoms with E-state index in [0.717, 1.165) is 19.3 Å². The van der Waals surface area contributed by atoms with Gasteiger partial charge in [-0.05, 0) is 26.2 Å². The minimum atomic E-state index is -0.934. The lowest BCUT2D eigenvalue weighted by Gasteiger charge is -2.25. The van der Waals surface area contributed by atoms with Crippen LogP contribution in [0.1, 0.15) is 33.1 Å². The maximum absolute atomic E-state index is 11.4. The summed E-state index contributed by atoms with van der Waals surface area (Å²) < 4.78 is 0. The van der Waals surface area contributed by atoms with Crippen molar-refractivity contribution >= 4 is 23.6 Å². The van der Waals surface area contributed by atoms with Gasteiger partial charge >= 0.3 is 5.97 Å². The van der Waals surface area contributed by atoms with Gasteiger partial charge in [0.2, 0.25) is 5.91 Å². The lowest BCUT2D eigenvalue weighted by Crippen LogP contribution is -2.52. The SMILES string of the molecule is CCCNC(=O)CSCC(C)(NC1CC1)C(=O)O. The molecule has 0 aliphatic heterocycles. The largest absolute Gasteiger partial charge is 0.480 e. The Labute approximate surface area is 112 Å². The van der Waals surface area contributed by atoms with E-state index in [2.05, 4.69) is 10.6 Å². The number of carbonyl (C=O) groups is 2. The Morgan fingerprint density at radius 2 is 2.11 bits per heavy atom. The number of amides is 1. The van der Waals surface area contributed by atoms with Crippen LogP contribution >= 0.6 is 11.8 Å². The second kappa shape index (κ2) is 6.99. The van der Waals surface area contributed by atoms with E-state index < -0.39 is 11.5 Å². The summed E-state index contributed by atoms with van der Waals surface area (Å²) in [6.45, 7) is 4.36. The zero-order valence-electron chi connectivity index (χ0n) is 11.0. The maximum Gasteiger partial charge on any atom is 0.324 e. The minimum absolute atomic E-state index is 0.0268.